The predicted molar refractivity (Wildman–Crippen MR) is 107 cm³/mol. The molecular formula is C19H25N3O3S2. The van der Waals surface area contributed by atoms with Crippen LogP contribution in [-0.4, -0.2) is 29.3 Å². The molecule has 0 atom stereocenters. The SMILES string of the molecule is CCCc1nnc(NC(=O)C2(S(=O)(=O)c3cc(C)ccc3C)CCCC2)s1. The third-order valence-electron chi connectivity index (χ3n) is 5.12. The van der Waals surface area contributed by atoms with Crippen molar-refractivity contribution in [1.29, 1.82) is 0 Å². The van der Waals surface area contributed by atoms with E-state index in [1.165, 1.54) is 11.3 Å². The highest BCUT2D eigenvalue weighted by atomic mass is 32.2. The van der Waals surface area contributed by atoms with Crippen LogP contribution in [0, 0.1) is 13.8 Å². The molecule has 1 aliphatic rings. The number of nitrogens with zero attached hydrogens (tertiary/aromatic N) is 2. The van der Waals surface area contributed by atoms with Crippen molar-refractivity contribution in [2.45, 2.75) is 68.9 Å². The van der Waals surface area contributed by atoms with E-state index in [-0.39, 0.29) is 4.90 Å². The lowest BCUT2D eigenvalue weighted by Gasteiger charge is -2.28. The van der Waals surface area contributed by atoms with Crippen LogP contribution in [0.3, 0.4) is 0 Å². The number of rotatable bonds is 6. The number of sulfone groups is 1. The van der Waals surface area contributed by atoms with Crippen LogP contribution in [0.2, 0.25) is 0 Å². The number of hydrogen-bond acceptors (Lipinski definition) is 6. The number of carbonyl (C=O) groups is 1. The summed E-state index contributed by atoms with van der Waals surface area (Å²) >= 11 is 1.31. The molecule has 8 heteroatoms. The van der Waals surface area contributed by atoms with E-state index in [1.807, 2.05) is 19.9 Å². The minimum atomic E-state index is -3.83. The molecule has 1 aromatic carbocycles. The molecule has 3 rings (SSSR count). The Balaban J connectivity index is 1.97. The number of anilines is 1. The maximum absolute atomic E-state index is 13.6. The van der Waals surface area contributed by atoms with Crippen molar-refractivity contribution in [3.8, 4) is 0 Å². The molecule has 1 heterocycles. The average molecular weight is 408 g/mol. The molecule has 2 aromatic rings. The van der Waals surface area contributed by atoms with Gasteiger partial charge < -0.3 is 0 Å². The topological polar surface area (TPSA) is 89.0 Å². The summed E-state index contributed by atoms with van der Waals surface area (Å²) < 4.78 is 25.7. The summed E-state index contributed by atoms with van der Waals surface area (Å²) in [6, 6.07) is 5.35. The highest BCUT2D eigenvalue weighted by Gasteiger charge is 2.53. The molecule has 1 amide bonds. The Morgan fingerprint density at radius 2 is 1.93 bits per heavy atom. The first-order chi connectivity index (χ1) is 12.8. The molecule has 0 spiro atoms. The van der Waals surface area contributed by atoms with Crippen molar-refractivity contribution in [1.82, 2.24) is 10.2 Å². The highest BCUT2D eigenvalue weighted by molar-refractivity contribution is 7.93. The third kappa shape index (κ3) is 3.65. The van der Waals surface area contributed by atoms with Crippen molar-refractivity contribution >= 4 is 32.2 Å². The van der Waals surface area contributed by atoms with Crippen LogP contribution < -0.4 is 5.32 Å². The lowest BCUT2D eigenvalue weighted by atomic mass is 10.1. The number of aromatic nitrogens is 2. The molecule has 0 aliphatic heterocycles. The van der Waals surface area contributed by atoms with E-state index in [1.54, 1.807) is 19.1 Å². The molecule has 1 aromatic heterocycles. The fraction of sp³-hybridized carbons (Fsp3) is 0.526. The zero-order chi connectivity index (χ0) is 19.7. The Kier molecular flexibility index (Phi) is 5.67. The summed E-state index contributed by atoms with van der Waals surface area (Å²) in [5, 5.41) is 12.0. The van der Waals surface area contributed by atoms with Crippen molar-refractivity contribution in [2.75, 3.05) is 5.32 Å². The standard InChI is InChI=1S/C19H25N3O3S2/c1-4-7-16-21-22-18(26-16)20-17(23)19(10-5-6-11-19)27(24,25)15-12-13(2)8-9-14(15)3/h8-9,12H,4-7,10-11H2,1-3H3,(H,20,22,23). The van der Waals surface area contributed by atoms with Gasteiger partial charge in [0.2, 0.25) is 11.0 Å². The Labute approximate surface area is 164 Å². The molecule has 27 heavy (non-hydrogen) atoms. The van der Waals surface area contributed by atoms with Gasteiger partial charge in [-0.3, -0.25) is 10.1 Å². The molecule has 1 saturated carbocycles. The number of nitrogens with one attached hydrogen (secondary N) is 1. The molecule has 1 N–H and O–H groups in total. The first-order valence-corrected chi connectivity index (χ1v) is 11.6. The second-order valence-corrected chi connectivity index (χ2v) is 10.5. The molecule has 0 bridgehead atoms. The summed E-state index contributed by atoms with van der Waals surface area (Å²) in [6.45, 7) is 5.68. The molecule has 6 nitrogen and oxygen atoms in total. The van der Waals surface area contributed by atoms with E-state index in [9.17, 15) is 13.2 Å². The van der Waals surface area contributed by atoms with E-state index in [0.717, 1.165) is 23.4 Å². The quantitative estimate of drug-likeness (QED) is 0.786. The van der Waals surface area contributed by atoms with Crippen LogP contribution in [0.1, 0.15) is 55.2 Å². The molecule has 1 aliphatic carbocycles. The average Bonchev–Trinajstić information content (AvgIpc) is 3.28. The van der Waals surface area contributed by atoms with E-state index in [4.69, 9.17) is 0 Å². The van der Waals surface area contributed by atoms with Gasteiger partial charge in [0.05, 0.1) is 4.90 Å². The van der Waals surface area contributed by atoms with Crippen LogP contribution >= 0.6 is 11.3 Å². The lowest BCUT2D eigenvalue weighted by molar-refractivity contribution is -0.118. The second-order valence-electron chi connectivity index (χ2n) is 7.18. The van der Waals surface area contributed by atoms with Gasteiger partial charge in [-0.15, -0.1) is 10.2 Å². The molecule has 0 unspecified atom stereocenters. The molecule has 146 valence electrons. The number of aryl methyl sites for hydroxylation is 3. The summed E-state index contributed by atoms with van der Waals surface area (Å²) in [5.41, 5.74) is 1.53. The second kappa shape index (κ2) is 7.67. The van der Waals surface area contributed by atoms with Gasteiger partial charge in [0.25, 0.3) is 0 Å². The largest absolute Gasteiger partial charge is 0.299 e. The van der Waals surface area contributed by atoms with Crippen molar-refractivity contribution in [2.24, 2.45) is 0 Å². The zero-order valence-corrected chi connectivity index (χ0v) is 17.5. The smallest absolute Gasteiger partial charge is 0.248 e. The van der Waals surface area contributed by atoms with Crippen molar-refractivity contribution < 1.29 is 13.2 Å². The molecule has 1 fully saturated rings. The van der Waals surface area contributed by atoms with Crippen molar-refractivity contribution in [3.05, 3.63) is 34.3 Å². The molecular weight excluding hydrogens is 382 g/mol. The monoisotopic (exact) mass is 407 g/mol. The Bertz CT molecular complexity index is 945. The van der Waals surface area contributed by atoms with Gasteiger partial charge in [0, 0.05) is 6.42 Å². The van der Waals surface area contributed by atoms with E-state index in [2.05, 4.69) is 15.5 Å². The Hall–Kier alpha value is -1.80. The summed E-state index contributed by atoms with van der Waals surface area (Å²) in [4.78, 5) is 13.4. The van der Waals surface area contributed by atoms with Crippen LogP contribution in [0.15, 0.2) is 23.1 Å². The number of benzene rings is 1. The van der Waals surface area contributed by atoms with Crippen molar-refractivity contribution in [3.63, 3.8) is 0 Å². The predicted octanol–water partition coefficient (Wildman–Crippen LogP) is 3.83. The Morgan fingerprint density at radius 1 is 1.22 bits per heavy atom. The van der Waals surface area contributed by atoms with Crippen LogP contribution in [-0.2, 0) is 21.1 Å². The van der Waals surface area contributed by atoms with Crippen LogP contribution in [0.5, 0.6) is 0 Å². The van der Waals surface area contributed by atoms with Gasteiger partial charge >= 0.3 is 0 Å². The fourth-order valence-corrected chi connectivity index (χ4v) is 6.81. The zero-order valence-electron chi connectivity index (χ0n) is 15.9. The van der Waals surface area contributed by atoms with E-state index in [0.29, 0.717) is 36.4 Å². The fourth-order valence-electron chi connectivity index (χ4n) is 3.60. The summed E-state index contributed by atoms with van der Waals surface area (Å²) in [6.07, 6.45) is 3.82. The number of carbonyl (C=O) groups excluding carboxylic acids is 1. The van der Waals surface area contributed by atoms with Gasteiger partial charge in [-0.25, -0.2) is 8.42 Å². The minimum Gasteiger partial charge on any atom is -0.299 e. The first-order valence-electron chi connectivity index (χ1n) is 9.26. The normalized spacial score (nSPS) is 16.4. The van der Waals surface area contributed by atoms with Crippen LogP contribution in [0.25, 0.3) is 0 Å². The first kappa shape index (κ1) is 19.9. The number of hydrogen-bond donors (Lipinski definition) is 1. The molecule has 0 radical (unpaired) electrons. The highest BCUT2D eigenvalue weighted by Crippen LogP contribution is 2.42. The van der Waals surface area contributed by atoms with Gasteiger partial charge in [-0.1, -0.05) is 43.2 Å². The Morgan fingerprint density at radius 3 is 2.59 bits per heavy atom. The third-order valence-corrected chi connectivity index (χ3v) is 8.66. The maximum atomic E-state index is 13.6. The van der Waals surface area contributed by atoms with E-state index < -0.39 is 20.5 Å². The minimum absolute atomic E-state index is 0.253. The van der Waals surface area contributed by atoms with Gasteiger partial charge in [-0.05, 0) is 50.3 Å². The van der Waals surface area contributed by atoms with Gasteiger partial charge in [-0.2, -0.15) is 0 Å². The number of amides is 1. The van der Waals surface area contributed by atoms with E-state index >= 15 is 0 Å². The summed E-state index contributed by atoms with van der Waals surface area (Å²) in [5.74, 6) is -0.486. The summed E-state index contributed by atoms with van der Waals surface area (Å²) in [7, 11) is -3.83. The van der Waals surface area contributed by atoms with Gasteiger partial charge in [0.15, 0.2) is 14.6 Å². The maximum Gasteiger partial charge on any atom is 0.248 e. The molecule has 0 saturated heterocycles. The lowest BCUT2D eigenvalue weighted by Crippen LogP contribution is -2.47. The van der Waals surface area contributed by atoms with Crippen LogP contribution in [0.4, 0.5) is 5.13 Å². The van der Waals surface area contributed by atoms with Gasteiger partial charge in [0.1, 0.15) is 5.01 Å².